The molecule has 0 unspecified atom stereocenters. The SMILES string of the molecule is COCCOc1c(C(=O)C2CCC2)cnn1-c1ccc(F)cc1. The molecular weight excluding hydrogens is 299 g/mol. The van der Waals surface area contributed by atoms with E-state index in [0.717, 1.165) is 19.3 Å². The van der Waals surface area contributed by atoms with Crippen LogP contribution in [0, 0.1) is 11.7 Å². The Balaban J connectivity index is 1.92. The molecule has 1 aliphatic carbocycles. The van der Waals surface area contributed by atoms with Gasteiger partial charge in [-0.1, -0.05) is 6.42 Å². The lowest BCUT2D eigenvalue weighted by Crippen LogP contribution is -2.22. The zero-order chi connectivity index (χ0) is 16.2. The summed E-state index contributed by atoms with van der Waals surface area (Å²) in [6.45, 7) is 0.722. The van der Waals surface area contributed by atoms with Crippen molar-refractivity contribution in [2.24, 2.45) is 5.92 Å². The van der Waals surface area contributed by atoms with Gasteiger partial charge < -0.3 is 9.47 Å². The van der Waals surface area contributed by atoms with Gasteiger partial charge in [-0.2, -0.15) is 5.10 Å². The van der Waals surface area contributed by atoms with Crippen molar-refractivity contribution in [2.45, 2.75) is 19.3 Å². The lowest BCUT2D eigenvalue weighted by Gasteiger charge is -2.23. The monoisotopic (exact) mass is 318 g/mol. The average molecular weight is 318 g/mol. The highest BCUT2D eigenvalue weighted by Crippen LogP contribution is 2.33. The van der Waals surface area contributed by atoms with E-state index in [2.05, 4.69) is 5.10 Å². The summed E-state index contributed by atoms with van der Waals surface area (Å²) in [5, 5.41) is 4.26. The molecule has 122 valence electrons. The minimum absolute atomic E-state index is 0.0608. The third kappa shape index (κ3) is 3.27. The number of ether oxygens (including phenoxy) is 2. The summed E-state index contributed by atoms with van der Waals surface area (Å²) in [6.07, 6.45) is 4.45. The first-order valence-corrected chi connectivity index (χ1v) is 7.70. The van der Waals surface area contributed by atoms with Gasteiger partial charge in [0, 0.05) is 13.0 Å². The molecule has 23 heavy (non-hydrogen) atoms. The van der Waals surface area contributed by atoms with Crippen molar-refractivity contribution in [3.05, 3.63) is 41.8 Å². The number of carbonyl (C=O) groups excluding carboxylic acids is 1. The van der Waals surface area contributed by atoms with Crippen LogP contribution in [0.3, 0.4) is 0 Å². The zero-order valence-corrected chi connectivity index (χ0v) is 13.0. The largest absolute Gasteiger partial charge is 0.475 e. The van der Waals surface area contributed by atoms with Gasteiger partial charge in [0.05, 0.1) is 18.5 Å². The van der Waals surface area contributed by atoms with Gasteiger partial charge in [0.1, 0.15) is 18.0 Å². The van der Waals surface area contributed by atoms with Gasteiger partial charge in [-0.3, -0.25) is 4.79 Å². The Morgan fingerprint density at radius 1 is 1.30 bits per heavy atom. The van der Waals surface area contributed by atoms with E-state index in [1.54, 1.807) is 19.2 Å². The molecule has 0 radical (unpaired) electrons. The predicted octanol–water partition coefficient (Wildman–Crippen LogP) is 3.02. The Hall–Kier alpha value is -2.21. The fraction of sp³-hybridized carbons (Fsp3) is 0.412. The predicted molar refractivity (Wildman–Crippen MR) is 82.6 cm³/mol. The summed E-state index contributed by atoms with van der Waals surface area (Å²) in [4.78, 5) is 12.6. The third-order valence-corrected chi connectivity index (χ3v) is 4.06. The molecule has 0 spiro atoms. The van der Waals surface area contributed by atoms with Gasteiger partial charge >= 0.3 is 0 Å². The summed E-state index contributed by atoms with van der Waals surface area (Å²) in [5.41, 5.74) is 1.13. The lowest BCUT2D eigenvalue weighted by atomic mass is 9.80. The molecule has 1 aliphatic rings. The van der Waals surface area contributed by atoms with Crippen LogP contribution in [0.5, 0.6) is 5.88 Å². The average Bonchev–Trinajstić information content (AvgIpc) is 2.90. The summed E-state index contributed by atoms with van der Waals surface area (Å²) in [7, 11) is 1.58. The standard InChI is InChI=1S/C17H19FN2O3/c1-22-9-10-23-17-15(16(21)12-3-2-4-12)11-19-20(17)14-7-5-13(18)6-8-14/h5-8,11-12H,2-4,9-10H2,1H3. The van der Waals surface area contributed by atoms with Crippen LogP contribution in [-0.2, 0) is 4.74 Å². The van der Waals surface area contributed by atoms with Crippen LogP contribution in [0.1, 0.15) is 29.6 Å². The van der Waals surface area contributed by atoms with Crippen LogP contribution in [-0.4, -0.2) is 35.9 Å². The van der Waals surface area contributed by atoms with E-state index in [4.69, 9.17) is 9.47 Å². The number of benzene rings is 1. The van der Waals surface area contributed by atoms with Gasteiger partial charge in [0.2, 0.25) is 5.88 Å². The number of hydrogen-bond acceptors (Lipinski definition) is 4. The molecule has 5 nitrogen and oxygen atoms in total. The molecule has 2 aromatic rings. The Kier molecular flexibility index (Phi) is 4.71. The van der Waals surface area contributed by atoms with Crippen LogP contribution in [0.2, 0.25) is 0 Å². The number of halogens is 1. The Labute approximate surface area is 134 Å². The topological polar surface area (TPSA) is 53.4 Å². The molecule has 1 saturated carbocycles. The third-order valence-electron chi connectivity index (χ3n) is 4.06. The second-order valence-electron chi connectivity index (χ2n) is 5.58. The second kappa shape index (κ2) is 6.91. The Morgan fingerprint density at radius 2 is 2.04 bits per heavy atom. The number of aromatic nitrogens is 2. The zero-order valence-electron chi connectivity index (χ0n) is 13.0. The first-order valence-electron chi connectivity index (χ1n) is 7.70. The van der Waals surface area contributed by atoms with Gasteiger partial charge in [0.25, 0.3) is 0 Å². The molecule has 0 bridgehead atoms. The molecule has 1 heterocycles. The van der Waals surface area contributed by atoms with E-state index in [1.807, 2.05) is 0 Å². The lowest BCUT2D eigenvalue weighted by molar-refractivity contribution is 0.0847. The number of carbonyl (C=O) groups is 1. The van der Waals surface area contributed by atoms with Crippen molar-refractivity contribution in [1.29, 1.82) is 0 Å². The maximum atomic E-state index is 13.1. The minimum atomic E-state index is -0.325. The molecule has 1 aromatic heterocycles. The highest BCUT2D eigenvalue weighted by Gasteiger charge is 2.30. The molecule has 1 fully saturated rings. The van der Waals surface area contributed by atoms with Gasteiger partial charge in [0.15, 0.2) is 5.78 Å². The van der Waals surface area contributed by atoms with E-state index in [0.29, 0.717) is 30.3 Å². The second-order valence-corrected chi connectivity index (χ2v) is 5.58. The van der Waals surface area contributed by atoms with Crippen LogP contribution in [0.4, 0.5) is 4.39 Å². The number of nitrogens with zero attached hydrogens (tertiary/aromatic N) is 2. The van der Waals surface area contributed by atoms with Crippen molar-refractivity contribution in [2.75, 3.05) is 20.3 Å². The normalized spacial score (nSPS) is 14.5. The summed E-state index contributed by atoms with van der Waals surface area (Å²) < 4.78 is 25.4. The molecule has 0 saturated heterocycles. The maximum absolute atomic E-state index is 13.1. The molecule has 0 amide bonds. The summed E-state index contributed by atoms with van der Waals surface area (Å²) in [5.74, 6) is 0.196. The van der Waals surface area contributed by atoms with Crippen LogP contribution in [0.25, 0.3) is 5.69 Å². The maximum Gasteiger partial charge on any atom is 0.227 e. The van der Waals surface area contributed by atoms with Crippen molar-refractivity contribution in [3.8, 4) is 11.6 Å². The highest BCUT2D eigenvalue weighted by molar-refractivity contribution is 6.00. The quantitative estimate of drug-likeness (QED) is 0.582. The Morgan fingerprint density at radius 3 is 2.65 bits per heavy atom. The van der Waals surface area contributed by atoms with Crippen LogP contribution < -0.4 is 4.74 Å². The summed E-state index contributed by atoms with van der Waals surface area (Å²) >= 11 is 0. The van der Waals surface area contributed by atoms with E-state index < -0.39 is 0 Å². The van der Waals surface area contributed by atoms with Crippen LogP contribution >= 0.6 is 0 Å². The van der Waals surface area contributed by atoms with E-state index in [1.165, 1.54) is 23.0 Å². The van der Waals surface area contributed by atoms with E-state index in [9.17, 15) is 9.18 Å². The molecule has 0 aliphatic heterocycles. The minimum Gasteiger partial charge on any atom is -0.475 e. The number of Topliss-reactive ketones (excluding diaryl/α,β-unsaturated/α-hetero) is 1. The van der Waals surface area contributed by atoms with E-state index in [-0.39, 0.29) is 17.5 Å². The van der Waals surface area contributed by atoms with Crippen molar-refractivity contribution in [3.63, 3.8) is 0 Å². The van der Waals surface area contributed by atoms with Crippen molar-refractivity contribution < 1.29 is 18.7 Å². The first-order chi connectivity index (χ1) is 11.2. The molecule has 0 atom stereocenters. The highest BCUT2D eigenvalue weighted by atomic mass is 19.1. The number of methoxy groups -OCH3 is 1. The van der Waals surface area contributed by atoms with Gasteiger partial charge in [-0.25, -0.2) is 9.07 Å². The first kappa shape index (κ1) is 15.7. The smallest absolute Gasteiger partial charge is 0.227 e. The fourth-order valence-electron chi connectivity index (χ4n) is 2.52. The molecule has 6 heteroatoms. The number of ketones is 1. The van der Waals surface area contributed by atoms with E-state index >= 15 is 0 Å². The Bertz CT molecular complexity index is 678. The van der Waals surface area contributed by atoms with Crippen molar-refractivity contribution in [1.82, 2.24) is 9.78 Å². The fourth-order valence-corrected chi connectivity index (χ4v) is 2.52. The van der Waals surface area contributed by atoms with Crippen molar-refractivity contribution >= 4 is 5.78 Å². The molecular formula is C17H19FN2O3. The van der Waals surface area contributed by atoms with Crippen LogP contribution in [0.15, 0.2) is 30.5 Å². The number of rotatable bonds is 7. The molecule has 0 N–H and O–H groups in total. The molecule has 1 aromatic carbocycles. The van der Waals surface area contributed by atoms with Gasteiger partial charge in [-0.15, -0.1) is 0 Å². The van der Waals surface area contributed by atoms with Gasteiger partial charge in [-0.05, 0) is 37.1 Å². The number of hydrogen-bond donors (Lipinski definition) is 0. The molecule has 3 rings (SSSR count). The summed E-state index contributed by atoms with van der Waals surface area (Å²) in [6, 6.07) is 5.90.